The van der Waals surface area contributed by atoms with Crippen molar-refractivity contribution in [3.05, 3.63) is 58.1 Å². The van der Waals surface area contributed by atoms with Crippen LogP contribution in [0, 0.1) is 0 Å². The Hall–Kier alpha value is -2.60. The molecule has 0 unspecified atom stereocenters. The summed E-state index contributed by atoms with van der Waals surface area (Å²) in [5, 5.41) is 10.9. The number of aliphatic imine (C=N–C) groups is 1. The van der Waals surface area contributed by atoms with Gasteiger partial charge in [0.05, 0.1) is 23.9 Å². The van der Waals surface area contributed by atoms with Crippen molar-refractivity contribution in [2.75, 3.05) is 7.11 Å². The van der Waals surface area contributed by atoms with E-state index in [0.29, 0.717) is 16.8 Å². The lowest BCUT2D eigenvalue weighted by Gasteiger charge is -2.00. The topological polar surface area (TPSA) is 74.7 Å². The van der Waals surface area contributed by atoms with Crippen LogP contribution in [-0.4, -0.2) is 29.4 Å². The molecule has 0 saturated carbocycles. The number of hydrogen-bond acceptors (Lipinski definition) is 4. The second-order valence-electron chi connectivity index (χ2n) is 4.88. The number of aromatic amines is 1. The summed E-state index contributed by atoms with van der Waals surface area (Å²) in [5.74, 6) is -0.369. The highest BCUT2D eigenvalue weighted by atomic mass is 79.9. The van der Waals surface area contributed by atoms with Crippen molar-refractivity contribution in [1.29, 1.82) is 0 Å². The Bertz CT molecular complexity index is 915. The molecule has 0 aliphatic rings. The molecule has 116 valence electrons. The summed E-state index contributed by atoms with van der Waals surface area (Å²) in [6.45, 7) is 0. The number of hydrogen-bond donors (Lipinski definition) is 2. The fraction of sp³-hybridized carbons (Fsp3) is 0.0588. The standard InChI is InChI=1S/C17H13BrN2O3/c1-23-17(22)10-3-2-4-12(7-10)19-9-14-13-8-11(18)5-6-15(13)20-16(14)21/h2-9,20-21H,1H3. The maximum atomic E-state index is 11.5. The minimum absolute atomic E-state index is 0.0472. The number of ether oxygens (including phenoxy) is 1. The Morgan fingerprint density at radius 1 is 1.30 bits per heavy atom. The van der Waals surface area contributed by atoms with Gasteiger partial charge in [0.1, 0.15) is 0 Å². The molecule has 0 saturated heterocycles. The molecule has 0 bridgehead atoms. The highest BCUT2D eigenvalue weighted by Crippen LogP contribution is 2.28. The van der Waals surface area contributed by atoms with Gasteiger partial charge in [-0.2, -0.15) is 0 Å². The number of methoxy groups -OCH3 is 1. The quantitative estimate of drug-likeness (QED) is 0.535. The SMILES string of the molecule is COC(=O)c1cccc(N=Cc2c(O)[nH]c3ccc(Br)cc23)c1. The normalized spacial score (nSPS) is 11.2. The van der Waals surface area contributed by atoms with Crippen molar-refractivity contribution >= 4 is 44.7 Å². The van der Waals surface area contributed by atoms with Gasteiger partial charge in [-0.25, -0.2) is 4.79 Å². The van der Waals surface area contributed by atoms with Crippen LogP contribution in [0.1, 0.15) is 15.9 Å². The van der Waals surface area contributed by atoms with E-state index in [4.69, 9.17) is 4.74 Å². The molecule has 1 heterocycles. The van der Waals surface area contributed by atoms with Gasteiger partial charge in [0.15, 0.2) is 5.88 Å². The van der Waals surface area contributed by atoms with Crippen LogP contribution in [0.4, 0.5) is 5.69 Å². The second-order valence-corrected chi connectivity index (χ2v) is 5.79. The minimum Gasteiger partial charge on any atom is -0.494 e. The molecule has 3 rings (SSSR count). The maximum Gasteiger partial charge on any atom is 0.337 e. The average molecular weight is 373 g/mol. The third kappa shape index (κ3) is 3.12. The van der Waals surface area contributed by atoms with E-state index in [1.165, 1.54) is 7.11 Å². The number of carbonyl (C=O) groups is 1. The summed E-state index contributed by atoms with van der Waals surface area (Å²) in [5.41, 5.74) is 2.42. The Balaban J connectivity index is 1.99. The van der Waals surface area contributed by atoms with Gasteiger partial charge < -0.3 is 14.8 Å². The number of aromatic hydroxyl groups is 1. The number of nitrogens with one attached hydrogen (secondary N) is 1. The number of aromatic nitrogens is 1. The lowest BCUT2D eigenvalue weighted by Crippen LogP contribution is -1.99. The number of fused-ring (bicyclic) bond motifs is 1. The van der Waals surface area contributed by atoms with Crippen LogP contribution in [0.3, 0.4) is 0 Å². The van der Waals surface area contributed by atoms with Gasteiger partial charge in [-0.15, -0.1) is 0 Å². The molecule has 0 aliphatic heterocycles. The van der Waals surface area contributed by atoms with Crippen LogP contribution >= 0.6 is 15.9 Å². The zero-order chi connectivity index (χ0) is 16.4. The zero-order valence-corrected chi connectivity index (χ0v) is 13.8. The van der Waals surface area contributed by atoms with Crippen molar-refractivity contribution in [2.24, 2.45) is 4.99 Å². The second kappa shape index (κ2) is 6.26. The first kappa shape index (κ1) is 15.3. The number of H-pyrrole nitrogens is 1. The summed E-state index contributed by atoms with van der Waals surface area (Å²) in [7, 11) is 1.33. The van der Waals surface area contributed by atoms with Crippen molar-refractivity contribution in [2.45, 2.75) is 0 Å². The van der Waals surface area contributed by atoms with Crippen molar-refractivity contribution in [1.82, 2.24) is 4.98 Å². The smallest absolute Gasteiger partial charge is 0.337 e. The lowest BCUT2D eigenvalue weighted by molar-refractivity contribution is 0.0601. The van der Waals surface area contributed by atoms with Gasteiger partial charge in [-0.1, -0.05) is 22.0 Å². The molecule has 0 atom stereocenters. The Morgan fingerprint density at radius 2 is 2.13 bits per heavy atom. The van der Waals surface area contributed by atoms with E-state index in [1.807, 2.05) is 18.2 Å². The van der Waals surface area contributed by atoms with Crippen LogP contribution in [0.2, 0.25) is 0 Å². The number of halogens is 1. The van der Waals surface area contributed by atoms with Gasteiger partial charge in [-0.3, -0.25) is 4.99 Å². The fourth-order valence-corrected chi connectivity index (χ4v) is 2.63. The Labute approximate surface area is 140 Å². The molecule has 5 nitrogen and oxygen atoms in total. The predicted molar refractivity (Wildman–Crippen MR) is 92.7 cm³/mol. The molecule has 2 aromatic carbocycles. The van der Waals surface area contributed by atoms with Gasteiger partial charge >= 0.3 is 5.97 Å². The molecular weight excluding hydrogens is 360 g/mol. The van der Waals surface area contributed by atoms with Gasteiger partial charge in [0.2, 0.25) is 0 Å². The summed E-state index contributed by atoms with van der Waals surface area (Å²) in [6.07, 6.45) is 1.57. The molecule has 0 spiro atoms. The summed E-state index contributed by atoms with van der Waals surface area (Å²) in [6, 6.07) is 12.4. The van der Waals surface area contributed by atoms with Gasteiger partial charge in [-0.05, 0) is 36.4 Å². The number of rotatable bonds is 3. The first-order chi connectivity index (χ1) is 11.1. The first-order valence-corrected chi connectivity index (χ1v) is 7.60. The minimum atomic E-state index is -0.416. The first-order valence-electron chi connectivity index (χ1n) is 6.81. The van der Waals surface area contributed by atoms with E-state index in [0.717, 1.165) is 15.4 Å². The number of nitrogens with zero attached hydrogens (tertiary/aromatic N) is 1. The monoisotopic (exact) mass is 372 g/mol. The molecule has 3 aromatic rings. The fourth-order valence-electron chi connectivity index (χ4n) is 2.27. The molecule has 6 heteroatoms. The lowest BCUT2D eigenvalue weighted by atomic mass is 10.2. The highest BCUT2D eigenvalue weighted by Gasteiger charge is 2.09. The third-order valence-corrected chi connectivity index (χ3v) is 3.88. The largest absolute Gasteiger partial charge is 0.494 e. The maximum absolute atomic E-state index is 11.5. The van der Waals surface area contributed by atoms with E-state index < -0.39 is 5.97 Å². The van der Waals surface area contributed by atoms with Crippen molar-refractivity contribution < 1.29 is 14.6 Å². The summed E-state index contributed by atoms with van der Waals surface area (Å²) in [4.78, 5) is 18.8. The van der Waals surface area contributed by atoms with Crippen LogP contribution < -0.4 is 0 Å². The average Bonchev–Trinajstić information content (AvgIpc) is 2.87. The van der Waals surface area contributed by atoms with E-state index in [1.54, 1.807) is 30.5 Å². The predicted octanol–water partition coefficient (Wildman–Crippen LogP) is 4.17. The van der Waals surface area contributed by atoms with Crippen molar-refractivity contribution in [3.63, 3.8) is 0 Å². The summed E-state index contributed by atoms with van der Waals surface area (Å²) < 4.78 is 5.60. The molecule has 1 aromatic heterocycles. The highest BCUT2D eigenvalue weighted by molar-refractivity contribution is 9.10. The number of carbonyl (C=O) groups excluding carboxylic acids is 1. The molecular formula is C17H13BrN2O3. The third-order valence-electron chi connectivity index (χ3n) is 3.39. The summed E-state index contributed by atoms with van der Waals surface area (Å²) >= 11 is 3.41. The van der Waals surface area contributed by atoms with Gasteiger partial charge in [0.25, 0.3) is 0 Å². The van der Waals surface area contributed by atoms with Crippen LogP contribution in [0.15, 0.2) is 51.9 Å². The van der Waals surface area contributed by atoms with E-state index in [2.05, 4.69) is 25.9 Å². The molecule has 0 amide bonds. The molecule has 0 radical (unpaired) electrons. The zero-order valence-electron chi connectivity index (χ0n) is 12.2. The Kier molecular flexibility index (Phi) is 4.16. The number of benzene rings is 2. The van der Waals surface area contributed by atoms with Crippen LogP contribution in [-0.2, 0) is 4.74 Å². The molecule has 0 fully saturated rings. The Morgan fingerprint density at radius 3 is 2.91 bits per heavy atom. The van der Waals surface area contributed by atoms with E-state index in [-0.39, 0.29) is 5.88 Å². The van der Waals surface area contributed by atoms with E-state index in [9.17, 15) is 9.90 Å². The van der Waals surface area contributed by atoms with E-state index >= 15 is 0 Å². The number of esters is 1. The molecule has 2 N–H and O–H groups in total. The molecule has 0 aliphatic carbocycles. The molecule has 23 heavy (non-hydrogen) atoms. The van der Waals surface area contributed by atoms with Crippen LogP contribution in [0.5, 0.6) is 5.88 Å². The van der Waals surface area contributed by atoms with Crippen LogP contribution in [0.25, 0.3) is 10.9 Å². The van der Waals surface area contributed by atoms with Gasteiger partial charge in [0, 0.05) is 21.6 Å². The van der Waals surface area contributed by atoms with Crippen molar-refractivity contribution in [3.8, 4) is 5.88 Å².